The fourth-order valence-electron chi connectivity index (χ4n) is 3.21. The third-order valence-electron chi connectivity index (χ3n) is 4.39. The van der Waals surface area contributed by atoms with Crippen LogP contribution in [0.4, 0.5) is 0 Å². The Balaban J connectivity index is 1.78. The van der Waals surface area contributed by atoms with E-state index in [2.05, 4.69) is 12.2 Å². The van der Waals surface area contributed by atoms with Crippen molar-refractivity contribution in [3.8, 4) is 0 Å². The van der Waals surface area contributed by atoms with Crippen LogP contribution in [0.2, 0.25) is 0 Å². The van der Waals surface area contributed by atoms with E-state index in [4.69, 9.17) is 4.74 Å². The number of nitrogens with zero attached hydrogens (tertiary/aromatic N) is 1. The van der Waals surface area contributed by atoms with Crippen LogP contribution >= 0.6 is 0 Å². The van der Waals surface area contributed by atoms with Crippen molar-refractivity contribution in [2.75, 3.05) is 13.2 Å². The standard InChI is InChI=1S/C18H22N2O3/c1-2-13-5-3-7-16-14(12-21)10-20(18(13)16)11-17(22)19-9-15-6-4-8-23-15/h3,5,7,10,12,15H,2,4,6,8-9,11H2,1H3,(H,19,22)/t15-/m1/s1. The van der Waals surface area contributed by atoms with Gasteiger partial charge in [-0.05, 0) is 24.8 Å². The predicted octanol–water partition coefficient (Wildman–Crippen LogP) is 2.31. The van der Waals surface area contributed by atoms with Gasteiger partial charge in [0.1, 0.15) is 6.54 Å². The molecule has 1 fully saturated rings. The summed E-state index contributed by atoms with van der Waals surface area (Å²) in [5.74, 6) is -0.0549. The molecule has 0 radical (unpaired) electrons. The molecule has 2 heterocycles. The number of hydrogen-bond acceptors (Lipinski definition) is 3. The Bertz CT molecular complexity index is 714. The summed E-state index contributed by atoms with van der Waals surface area (Å²) in [5, 5.41) is 3.84. The van der Waals surface area contributed by atoms with E-state index < -0.39 is 0 Å². The van der Waals surface area contributed by atoms with Crippen LogP contribution in [0.1, 0.15) is 35.7 Å². The molecule has 23 heavy (non-hydrogen) atoms. The largest absolute Gasteiger partial charge is 0.376 e. The Morgan fingerprint density at radius 2 is 2.35 bits per heavy atom. The van der Waals surface area contributed by atoms with Gasteiger partial charge < -0.3 is 14.6 Å². The molecule has 1 saturated heterocycles. The van der Waals surface area contributed by atoms with Crippen LogP contribution in [-0.4, -0.2) is 36.0 Å². The monoisotopic (exact) mass is 314 g/mol. The van der Waals surface area contributed by atoms with Gasteiger partial charge in [0.15, 0.2) is 6.29 Å². The zero-order chi connectivity index (χ0) is 16.2. The molecule has 0 saturated carbocycles. The molecule has 1 aliphatic rings. The highest BCUT2D eigenvalue weighted by molar-refractivity contribution is 5.99. The van der Waals surface area contributed by atoms with Crippen LogP contribution in [0, 0.1) is 0 Å². The van der Waals surface area contributed by atoms with Gasteiger partial charge in [-0.15, -0.1) is 0 Å². The molecule has 2 aromatic rings. The molecule has 0 unspecified atom stereocenters. The molecule has 1 aliphatic heterocycles. The number of fused-ring (bicyclic) bond motifs is 1. The Morgan fingerprint density at radius 3 is 3.04 bits per heavy atom. The maximum absolute atomic E-state index is 12.2. The van der Waals surface area contributed by atoms with Gasteiger partial charge in [-0.1, -0.05) is 25.1 Å². The zero-order valence-electron chi connectivity index (χ0n) is 13.4. The number of para-hydroxylation sites is 1. The second-order valence-electron chi connectivity index (χ2n) is 5.94. The predicted molar refractivity (Wildman–Crippen MR) is 88.7 cm³/mol. The Kier molecular flexibility index (Phi) is 4.76. The second-order valence-corrected chi connectivity index (χ2v) is 5.94. The van der Waals surface area contributed by atoms with E-state index in [-0.39, 0.29) is 18.6 Å². The molecule has 1 amide bonds. The van der Waals surface area contributed by atoms with Crippen molar-refractivity contribution in [1.29, 1.82) is 0 Å². The van der Waals surface area contributed by atoms with E-state index in [0.29, 0.717) is 12.1 Å². The van der Waals surface area contributed by atoms with E-state index in [1.807, 2.05) is 22.8 Å². The van der Waals surface area contributed by atoms with Crippen molar-refractivity contribution in [3.63, 3.8) is 0 Å². The number of rotatable bonds is 6. The van der Waals surface area contributed by atoms with Crippen molar-refractivity contribution in [2.45, 2.75) is 38.8 Å². The molecule has 0 bridgehead atoms. The quantitative estimate of drug-likeness (QED) is 0.832. The van der Waals surface area contributed by atoms with Crippen LogP contribution < -0.4 is 5.32 Å². The summed E-state index contributed by atoms with van der Waals surface area (Å²) in [4.78, 5) is 23.5. The molecule has 1 atom stereocenters. The third-order valence-corrected chi connectivity index (χ3v) is 4.39. The minimum atomic E-state index is -0.0549. The van der Waals surface area contributed by atoms with Crippen LogP contribution in [0.25, 0.3) is 10.9 Å². The van der Waals surface area contributed by atoms with Crippen molar-refractivity contribution < 1.29 is 14.3 Å². The molecule has 5 nitrogen and oxygen atoms in total. The van der Waals surface area contributed by atoms with Crippen LogP contribution in [0.3, 0.4) is 0 Å². The fraction of sp³-hybridized carbons (Fsp3) is 0.444. The average molecular weight is 314 g/mol. The third kappa shape index (κ3) is 3.29. The molecular weight excluding hydrogens is 292 g/mol. The number of amides is 1. The number of benzene rings is 1. The number of aromatic nitrogens is 1. The highest BCUT2D eigenvalue weighted by atomic mass is 16.5. The molecule has 0 spiro atoms. The molecule has 1 aromatic heterocycles. The second kappa shape index (κ2) is 6.96. The maximum Gasteiger partial charge on any atom is 0.240 e. The van der Waals surface area contributed by atoms with E-state index in [0.717, 1.165) is 48.6 Å². The molecule has 1 aromatic carbocycles. The van der Waals surface area contributed by atoms with E-state index in [1.165, 1.54) is 0 Å². The molecule has 1 N–H and O–H groups in total. The van der Waals surface area contributed by atoms with Gasteiger partial charge >= 0.3 is 0 Å². The smallest absolute Gasteiger partial charge is 0.240 e. The summed E-state index contributed by atoms with van der Waals surface area (Å²) < 4.78 is 7.39. The first kappa shape index (κ1) is 15.7. The lowest BCUT2D eigenvalue weighted by Gasteiger charge is -2.12. The summed E-state index contributed by atoms with van der Waals surface area (Å²) in [6, 6.07) is 5.92. The molecule has 0 aliphatic carbocycles. The van der Waals surface area contributed by atoms with Crippen LogP contribution in [0.5, 0.6) is 0 Å². The number of aryl methyl sites for hydroxylation is 1. The Hall–Kier alpha value is -2.14. The average Bonchev–Trinajstić information content (AvgIpc) is 3.20. The van der Waals surface area contributed by atoms with Gasteiger partial charge in [-0.3, -0.25) is 9.59 Å². The number of ether oxygens (including phenoxy) is 1. The summed E-state index contributed by atoms with van der Waals surface area (Å²) in [5.41, 5.74) is 2.74. The lowest BCUT2D eigenvalue weighted by atomic mass is 10.1. The van der Waals surface area contributed by atoms with Crippen molar-refractivity contribution in [1.82, 2.24) is 9.88 Å². The van der Waals surface area contributed by atoms with Crippen molar-refractivity contribution in [2.24, 2.45) is 0 Å². The highest BCUT2D eigenvalue weighted by Crippen LogP contribution is 2.24. The lowest BCUT2D eigenvalue weighted by Crippen LogP contribution is -2.34. The number of hydrogen-bond donors (Lipinski definition) is 1. The molecule has 5 heteroatoms. The maximum atomic E-state index is 12.2. The first-order valence-corrected chi connectivity index (χ1v) is 8.17. The Morgan fingerprint density at radius 1 is 1.48 bits per heavy atom. The van der Waals surface area contributed by atoms with E-state index >= 15 is 0 Å². The summed E-state index contributed by atoms with van der Waals surface area (Å²) >= 11 is 0. The minimum absolute atomic E-state index is 0.0549. The van der Waals surface area contributed by atoms with Gasteiger partial charge in [0, 0.05) is 30.3 Å². The number of nitrogens with one attached hydrogen (secondary N) is 1. The van der Waals surface area contributed by atoms with Gasteiger partial charge in [0.05, 0.1) is 11.6 Å². The van der Waals surface area contributed by atoms with Crippen molar-refractivity contribution >= 4 is 23.1 Å². The molecule has 122 valence electrons. The molecular formula is C18H22N2O3. The topological polar surface area (TPSA) is 60.3 Å². The first-order chi connectivity index (χ1) is 11.2. The minimum Gasteiger partial charge on any atom is -0.376 e. The van der Waals surface area contributed by atoms with Gasteiger partial charge in [0.25, 0.3) is 0 Å². The number of carbonyl (C=O) groups excluding carboxylic acids is 2. The fourth-order valence-corrected chi connectivity index (χ4v) is 3.21. The van der Waals surface area contributed by atoms with Gasteiger partial charge in [-0.25, -0.2) is 0 Å². The normalized spacial score (nSPS) is 17.5. The zero-order valence-corrected chi connectivity index (χ0v) is 13.4. The molecule has 3 rings (SSSR count). The van der Waals surface area contributed by atoms with E-state index in [9.17, 15) is 9.59 Å². The Labute approximate surface area is 135 Å². The number of carbonyl (C=O) groups is 2. The lowest BCUT2D eigenvalue weighted by molar-refractivity contribution is -0.122. The summed E-state index contributed by atoms with van der Waals surface area (Å²) in [6.45, 7) is 3.63. The van der Waals surface area contributed by atoms with Gasteiger partial charge in [0.2, 0.25) is 5.91 Å². The number of aldehydes is 1. The summed E-state index contributed by atoms with van der Waals surface area (Å²) in [7, 11) is 0. The van der Waals surface area contributed by atoms with Gasteiger partial charge in [-0.2, -0.15) is 0 Å². The van der Waals surface area contributed by atoms with Crippen molar-refractivity contribution in [3.05, 3.63) is 35.5 Å². The SMILES string of the molecule is CCc1cccc2c(C=O)cn(CC(=O)NC[C@H]3CCCO3)c12. The highest BCUT2D eigenvalue weighted by Gasteiger charge is 2.17. The van der Waals surface area contributed by atoms with E-state index in [1.54, 1.807) is 6.20 Å². The first-order valence-electron chi connectivity index (χ1n) is 8.17. The van der Waals surface area contributed by atoms with Crippen LogP contribution in [0.15, 0.2) is 24.4 Å². The summed E-state index contributed by atoms with van der Waals surface area (Å²) in [6.07, 6.45) is 5.67. The van der Waals surface area contributed by atoms with Crippen LogP contribution in [-0.2, 0) is 22.5 Å².